The van der Waals surface area contributed by atoms with Crippen LogP contribution in [0.4, 0.5) is 10.6 Å². The standard InChI is InChI=1S/C42H64N6O6Si2/c1-24(2)55-26(5)53-22-46(23-54-27(6)56-25(3)4)34-18-33(45-38-30(20-44-48(34)38)29-17-28-15-13-14-16-32(28)43-19-29)31-21-47(40(51)52)37(39(49)50)36(42(10,11)12)35(31)41(7,8)9/h13-20,24-27,31,35-37H,21-23,55-56H2,1-12H3,(H,49,50)(H,51,52). The van der Waals surface area contributed by atoms with Crippen LogP contribution in [0.5, 0.6) is 0 Å². The third-order valence-corrected chi connectivity index (χ3v) is 14.8. The molecule has 56 heavy (non-hydrogen) atoms. The Balaban J connectivity index is 1.77. The molecule has 0 saturated carbocycles. The average molecular weight is 805 g/mol. The first-order chi connectivity index (χ1) is 26.2. The highest BCUT2D eigenvalue weighted by Crippen LogP contribution is 2.54. The number of fused-ring (bicyclic) bond motifs is 2. The predicted octanol–water partition coefficient (Wildman–Crippen LogP) is 7.24. The van der Waals surface area contributed by atoms with Crippen LogP contribution >= 0.6 is 0 Å². The lowest BCUT2D eigenvalue weighted by atomic mass is 9.55. The lowest BCUT2D eigenvalue weighted by Gasteiger charge is -2.55. The van der Waals surface area contributed by atoms with E-state index >= 15 is 0 Å². The normalized spacial score (nSPS) is 21.0. The van der Waals surface area contributed by atoms with Crippen molar-refractivity contribution in [2.75, 3.05) is 24.9 Å². The maximum atomic E-state index is 13.0. The van der Waals surface area contributed by atoms with E-state index in [1.165, 1.54) is 0 Å². The Kier molecular flexibility index (Phi) is 13.4. The Labute approximate surface area is 337 Å². The number of amides is 1. The molecule has 1 amide bonds. The highest BCUT2D eigenvalue weighted by molar-refractivity contribution is 6.39. The van der Waals surface area contributed by atoms with Crippen molar-refractivity contribution < 1.29 is 29.3 Å². The first-order valence-corrected chi connectivity index (χ1v) is 23.4. The van der Waals surface area contributed by atoms with Crippen molar-refractivity contribution in [3.05, 3.63) is 54.5 Å². The molecule has 0 bridgehead atoms. The van der Waals surface area contributed by atoms with Gasteiger partial charge in [-0.1, -0.05) is 98.5 Å². The number of likely N-dealkylation sites (tertiary alicyclic amines) is 1. The summed E-state index contributed by atoms with van der Waals surface area (Å²) < 4.78 is 15.0. The fourth-order valence-electron chi connectivity index (χ4n) is 8.87. The number of rotatable bonds is 14. The van der Waals surface area contributed by atoms with Crippen molar-refractivity contribution in [1.82, 2.24) is 24.5 Å². The van der Waals surface area contributed by atoms with Gasteiger partial charge in [-0.05, 0) is 48.6 Å². The number of aromatic nitrogens is 4. The van der Waals surface area contributed by atoms with Crippen LogP contribution in [0.2, 0.25) is 11.1 Å². The monoisotopic (exact) mass is 804 g/mol. The van der Waals surface area contributed by atoms with Gasteiger partial charge in [0.1, 0.15) is 25.3 Å². The van der Waals surface area contributed by atoms with E-state index in [-0.39, 0.29) is 37.4 Å². The summed E-state index contributed by atoms with van der Waals surface area (Å²) in [6.07, 6.45) is 2.40. The molecule has 2 N–H and O–H groups in total. The number of hydrogen-bond acceptors (Lipinski definition) is 8. The van der Waals surface area contributed by atoms with Gasteiger partial charge in [0.2, 0.25) is 0 Å². The van der Waals surface area contributed by atoms with E-state index in [1.807, 2.05) is 68.0 Å². The highest BCUT2D eigenvalue weighted by atomic mass is 28.2. The van der Waals surface area contributed by atoms with Crippen LogP contribution in [0.3, 0.4) is 0 Å². The molecule has 0 radical (unpaired) electrons. The number of carbonyl (C=O) groups is 2. The molecule has 4 heterocycles. The molecule has 1 aromatic carbocycles. The van der Waals surface area contributed by atoms with Gasteiger partial charge in [-0.25, -0.2) is 14.6 Å². The van der Waals surface area contributed by atoms with Gasteiger partial charge in [0.25, 0.3) is 0 Å². The summed E-state index contributed by atoms with van der Waals surface area (Å²) in [4.78, 5) is 39.4. The van der Waals surface area contributed by atoms with Gasteiger partial charge in [0.05, 0.1) is 36.4 Å². The minimum Gasteiger partial charge on any atom is -0.480 e. The molecule has 6 atom stereocenters. The van der Waals surface area contributed by atoms with Crippen LogP contribution in [0.1, 0.15) is 94.7 Å². The van der Waals surface area contributed by atoms with Gasteiger partial charge in [0.15, 0.2) is 5.65 Å². The number of ether oxygens (including phenoxy) is 2. The Morgan fingerprint density at radius 2 is 1.46 bits per heavy atom. The number of benzene rings is 1. The van der Waals surface area contributed by atoms with E-state index < -0.39 is 59.8 Å². The zero-order valence-corrected chi connectivity index (χ0v) is 38.3. The number of pyridine rings is 1. The van der Waals surface area contributed by atoms with Crippen LogP contribution in [0.25, 0.3) is 27.7 Å². The van der Waals surface area contributed by atoms with Crippen molar-refractivity contribution >= 4 is 53.5 Å². The van der Waals surface area contributed by atoms with Crippen LogP contribution in [0.15, 0.2) is 48.8 Å². The molecular formula is C42H64N6O6Si2. The van der Waals surface area contributed by atoms with Crippen LogP contribution in [-0.4, -0.2) is 103 Å². The van der Waals surface area contributed by atoms with Crippen molar-refractivity contribution in [1.29, 1.82) is 0 Å². The molecule has 306 valence electrons. The number of nitrogens with zero attached hydrogens (tertiary/aromatic N) is 6. The molecule has 4 aromatic rings. The summed E-state index contributed by atoms with van der Waals surface area (Å²) in [7, 11) is -1.02. The molecule has 6 unspecified atom stereocenters. The van der Waals surface area contributed by atoms with Gasteiger partial charge in [-0.2, -0.15) is 9.61 Å². The number of carboxylic acids is 1. The number of hydrogen-bond donors (Lipinski definition) is 2. The maximum absolute atomic E-state index is 13.0. The molecule has 14 heteroatoms. The first-order valence-electron chi connectivity index (χ1n) is 20.1. The topological polar surface area (TPSA) is 143 Å². The summed E-state index contributed by atoms with van der Waals surface area (Å²) in [5, 5.41) is 27.2. The second-order valence-electron chi connectivity index (χ2n) is 18.9. The lowest BCUT2D eigenvalue weighted by molar-refractivity contribution is -0.155. The van der Waals surface area contributed by atoms with Crippen molar-refractivity contribution in [2.45, 2.75) is 118 Å². The van der Waals surface area contributed by atoms with Gasteiger partial charge >= 0.3 is 12.1 Å². The van der Waals surface area contributed by atoms with E-state index in [2.05, 4.69) is 73.3 Å². The summed E-state index contributed by atoms with van der Waals surface area (Å²) in [6.45, 7) is 26.2. The maximum Gasteiger partial charge on any atom is 0.408 e. The second-order valence-corrected chi connectivity index (χ2v) is 25.4. The van der Waals surface area contributed by atoms with Crippen molar-refractivity contribution in [3.8, 4) is 11.1 Å². The van der Waals surface area contributed by atoms with E-state index in [9.17, 15) is 19.8 Å². The van der Waals surface area contributed by atoms with Gasteiger partial charge in [0, 0.05) is 52.7 Å². The van der Waals surface area contributed by atoms with Crippen molar-refractivity contribution in [3.63, 3.8) is 0 Å². The Morgan fingerprint density at radius 1 is 0.875 bits per heavy atom. The third-order valence-electron chi connectivity index (χ3n) is 11.1. The number of para-hydroxylation sites is 1. The number of aliphatic carboxylic acids is 1. The fourth-order valence-corrected chi connectivity index (χ4v) is 12.0. The highest BCUT2D eigenvalue weighted by Gasteiger charge is 2.56. The zero-order valence-electron chi connectivity index (χ0n) is 35.5. The fraction of sp³-hybridized carbons (Fsp3) is 0.595. The van der Waals surface area contributed by atoms with Crippen molar-refractivity contribution in [2.24, 2.45) is 22.7 Å². The van der Waals surface area contributed by atoms with E-state index in [1.54, 1.807) is 0 Å². The smallest absolute Gasteiger partial charge is 0.408 e. The number of carboxylic acid groups (broad SMARTS) is 2. The molecule has 5 rings (SSSR count). The molecule has 1 fully saturated rings. The third kappa shape index (κ3) is 9.80. The summed E-state index contributed by atoms with van der Waals surface area (Å²) in [5.41, 5.74) is 4.25. The minimum absolute atomic E-state index is 0.0223. The Hall–Kier alpha value is -3.86. The summed E-state index contributed by atoms with van der Waals surface area (Å²) in [6, 6.07) is 10.8. The molecule has 12 nitrogen and oxygen atoms in total. The van der Waals surface area contributed by atoms with Crippen LogP contribution < -0.4 is 4.90 Å². The predicted molar refractivity (Wildman–Crippen MR) is 229 cm³/mol. The average Bonchev–Trinajstić information content (AvgIpc) is 3.53. The van der Waals surface area contributed by atoms with E-state index in [0.29, 0.717) is 28.2 Å². The number of anilines is 1. The van der Waals surface area contributed by atoms with Gasteiger partial charge in [-0.3, -0.25) is 9.88 Å². The summed E-state index contributed by atoms with van der Waals surface area (Å²) >= 11 is 0. The Bertz CT molecular complexity index is 1970. The molecule has 0 spiro atoms. The molecule has 0 aliphatic carbocycles. The molecule has 1 saturated heterocycles. The zero-order chi connectivity index (χ0) is 41.3. The van der Waals surface area contributed by atoms with Crippen LogP contribution in [-0.2, 0) is 14.3 Å². The van der Waals surface area contributed by atoms with Crippen LogP contribution in [0, 0.1) is 22.7 Å². The lowest BCUT2D eigenvalue weighted by Crippen LogP contribution is -2.62. The van der Waals surface area contributed by atoms with E-state index in [4.69, 9.17) is 24.5 Å². The Morgan fingerprint density at radius 3 is 2.00 bits per heavy atom. The second kappa shape index (κ2) is 17.3. The SMILES string of the molecule is CC(C)[SiH2]C(C)OCN(COC(C)[SiH2]C(C)C)c1cc(C2CN(C(=O)O)C(C(=O)O)C(C(C)(C)C)C2C(C)(C)C)nc2c(-c3cnc4ccccc4c3)cnn12. The van der Waals surface area contributed by atoms with Gasteiger partial charge < -0.3 is 24.6 Å². The molecule has 1 aliphatic heterocycles. The first kappa shape index (κ1) is 43.3. The molecular weight excluding hydrogens is 741 g/mol. The summed E-state index contributed by atoms with van der Waals surface area (Å²) in [5.74, 6) is -1.66. The molecule has 3 aromatic heterocycles. The minimum atomic E-state index is -1.26. The largest absolute Gasteiger partial charge is 0.480 e. The molecule has 1 aliphatic rings. The quantitative estimate of drug-likeness (QED) is 0.0990. The van der Waals surface area contributed by atoms with E-state index in [0.717, 1.165) is 26.9 Å². The van der Waals surface area contributed by atoms with Gasteiger partial charge in [-0.15, -0.1) is 0 Å². The number of piperidine rings is 1.